The third kappa shape index (κ3) is 3.79. The zero-order valence-electron chi connectivity index (χ0n) is 10.2. The largest absolute Gasteiger partial charge is 0.477 e. The predicted molar refractivity (Wildman–Crippen MR) is 83.1 cm³/mol. The molecule has 0 aliphatic rings. The molecular formula is C14H10BrNO3S. The van der Waals surface area contributed by atoms with E-state index in [1.807, 2.05) is 24.3 Å². The maximum absolute atomic E-state index is 11.7. The normalized spacial score (nSPS) is 10.7. The number of halogens is 1. The molecule has 2 aromatic rings. The molecule has 6 heteroatoms. The van der Waals surface area contributed by atoms with Gasteiger partial charge in [0, 0.05) is 10.5 Å². The minimum absolute atomic E-state index is 0.121. The van der Waals surface area contributed by atoms with Crippen molar-refractivity contribution in [1.29, 1.82) is 0 Å². The molecule has 2 N–H and O–H groups in total. The van der Waals surface area contributed by atoms with Crippen LogP contribution < -0.4 is 5.32 Å². The third-order valence-corrected chi connectivity index (χ3v) is 3.85. The van der Waals surface area contributed by atoms with Gasteiger partial charge in [0.2, 0.25) is 5.91 Å². The Labute approximate surface area is 127 Å². The number of carboxylic acids is 1. The lowest BCUT2D eigenvalue weighted by atomic mass is 10.2. The second-order valence-electron chi connectivity index (χ2n) is 3.84. The van der Waals surface area contributed by atoms with Gasteiger partial charge in [-0.3, -0.25) is 4.79 Å². The summed E-state index contributed by atoms with van der Waals surface area (Å²) in [5.41, 5.74) is 1.19. The van der Waals surface area contributed by atoms with Gasteiger partial charge in [0.25, 0.3) is 0 Å². The quantitative estimate of drug-likeness (QED) is 0.821. The highest BCUT2D eigenvalue weighted by atomic mass is 79.9. The number of carbonyl (C=O) groups is 2. The van der Waals surface area contributed by atoms with Crippen LogP contribution in [0.15, 0.2) is 46.3 Å². The highest BCUT2D eigenvalue weighted by Gasteiger charge is 2.12. The molecule has 0 fully saturated rings. The van der Waals surface area contributed by atoms with E-state index in [0.29, 0.717) is 5.69 Å². The van der Waals surface area contributed by atoms with Crippen molar-refractivity contribution >= 4 is 50.9 Å². The van der Waals surface area contributed by atoms with Crippen LogP contribution in [0.2, 0.25) is 0 Å². The summed E-state index contributed by atoms with van der Waals surface area (Å²) in [5.74, 6) is -1.42. The highest BCUT2D eigenvalue weighted by molar-refractivity contribution is 9.10. The van der Waals surface area contributed by atoms with E-state index in [0.717, 1.165) is 21.4 Å². The number of aromatic carboxylic acids is 1. The molecule has 0 bridgehead atoms. The number of carboxylic acid groups (broad SMARTS) is 1. The van der Waals surface area contributed by atoms with Gasteiger partial charge in [0.05, 0.1) is 5.69 Å². The van der Waals surface area contributed by atoms with Gasteiger partial charge in [-0.2, -0.15) is 0 Å². The molecule has 0 saturated carbocycles. The van der Waals surface area contributed by atoms with Gasteiger partial charge in [0.1, 0.15) is 4.88 Å². The summed E-state index contributed by atoms with van der Waals surface area (Å²) in [7, 11) is 0. The number of rotatable bonds is 4. The van der Waals surface area contributed by atoms with Crippen molar-refractivity contribution in [3.63, 3.8) is 0 Å². The summed E-state index contributed by atoms with van der Waals surface area (Å²) in [4.78, 5) is 22.8. The number of carbonyl (C=O) groups excluding carboxylic acids is 1. The molecule has 0 aliphatic carbocycles. The van der Waals surface area contributed by atoms with E-state index in [2.05, 4.69) is 21.2 Å². The van der Waals surface area contributed by atoms with Crippen molar-refractivity contribution in [3.8, 4) is 0 Å². The summed E-state index contributed by atoms with van der Waals surface area (Å²) >= 11 is 4.40. The topological polar surface area (TPSA) is 66.4 Å². The number of anilines is 1. The Balaban J connectivity index is 2.03. The molecule has 20 heavy (non-hydrogen) atoms. The number of thiophene rings is 1. The standard InChI is InChI=1S/C14H10BrNO3S/c15-10-4-1-9(2-5-10)3-6-12(17)16-11-7-8-20-13(11)14(18)19/h1-8H,(H,16,17)(H,18,19)/b6-3+. The lowest BCUT2D eigenvalue weighted by Gasteiger charge is -2.00. The molecule has 2 rings (SSSR count). The predicted octanol–water partition coefficient (Wildman–Crippen LogP) is 3.86. The molecule has 0 atom stereocenters. The lowest BCUT2D eigenvalue weighted by molar-refractivity contribution is -0.111. The summed E-state index contributed by atoms with van der Waals surface area (Å²) in [6.45, 7) is 0. The van der Waals surface area contributed by atoms with Gasteiger partial charge in [-0.25, -0.2) is 4.79 Å². The second-order valence-corrected chi connectivity index (χ2v) is 5.67. The van der Waals surface area contributed by atoms with Crippen LogP contribution in [0.1, 0.15) is 15.2 Å². The Morgan fingerprint density at radius 3 is 2.55 bits per heavy atom. The van der Waals surface area contributed by atoms with E-state index in [-0.39, 0.29) is 10.8 Å². The first-order valence-electron chi connectivity index (χ1n) is 5.61. The zero-order valence-corrected chi connectivity index (χ0v) is 12.6. The van der Waals surface area contributed by atoms with Gasteiger partial charge in [0.15, 0.2) is 0 Å². The van der Waals surface area contributed by atoms with E-state index in [4.69, 9.17) is 5.11 Å². The molecule has 1 heterocycles. The first kappa shape index (κ1) is 14.5. The van der Waals surface area contributed by atoms with Crippen LogP contribution in [0, 0.1) is 0 Å². The maximum atomic E-state index is 11.7. The molecule has 1 aromatic heterocycles. The number of nitrogens with one attached hydrogen (secondary N) is 1. The van der Waals surface area contributed by atoms with E-state index in [9.17, 15) is 9.59 Å². The molecular weight excluding hydrogens is 342 g/mol. The Morgan fingerprint density at radius 2 is 1.90 bits per heavy atom. The third-order valence-electron chi connectivity index (χ3n) is 2.41. The van der Waals surface area contributed by atoms with E-state index in [1.54, 1.807) is 17.5 Å². The van der Waals surface area contributed by atoms with E-state index in [1.165, 1.54) is 6.08 Å². The highest BCUT2D eigenvalue weighted by Crippen LogP contribution is 2.22. The Hall–Kier alpha value is -1.92. The number of benzene rings is 1. The number of hydrogen-bond acceptors (Lipinski definition) is 3. The van der Waals surface area contributed by atoms with Crippen molar-refractivity contribution in [2.45, 2.75) is 0 Å². The van der Waals surface area contributed by atoms with E-state index >= 15 is 0 Å². The minimum atomic E-state index is -1.05. The molecule has 102 valence electrons. The summed E-state index contributed by atoms with van der Waals surface area (Å²) in [6, 6.07) is 9.04. The molecule has 4 nitrogen and oxygen atoms in total. The number of hydrogen-bond donors (Lipinski definition) is 2. The average molecular weight is 352 g/mol. The van der Waals surface area contributed by atoms with E-state index < -0.39 is 5.97 Å². The second kappa shape index (κ2) is 6.49. The molecule has 1 amide bonds. The summed E-state index contributed by atoms with van der Waals surface area (Å²) in [6.07, 6.45) is 3.03. The van der Waals surface area contributed by atoms with Crippen LogP contribution in [0.3, 0.4) is 0 Å². The van der Waals surface area contributed by atoms with Crippen LogP contribution in [-0.2, 0) is 4.79 Å². The SMILES string of the molecule is O=C(/C=C/c1ccc(Br)cc1)Nc1ccsc1C(=O)O. The fraction of sp³-hybridized carbons (Fsp3) is 0. The first-order valence-corrected chi connectivity index (χ1v) is 7.29. The van der Waals surface area contributed by atoms with Crippen molar-refractivity contribution in [1.82, 2.24) is 0 Å². The monoisotopic (exact) mass is 351 g/mol. The van der Waals surface area contributed by atoms with Crippen LogP contribution in [0.4, 0.5) is 5.69 Å². The van der Waals surface area contributed by atoms with Gasteiger partial charge < -0.3 is 10.4 Å². The Morgan fingerprint density at radius 1 is 1.20 bits per heavy atom. The van der Waals surface area contributed by atoms with Crippen molar-refractivity contribution in [2.75, 3.05) is 5.32 Å². The minimum Gasteiger partial charge on any atom is -0.477 e. The van der Waals surface area contributed by atoms with Gasteiger partial charge in [-0.15, -0.1) is 11.3 Å². The first-order chi connectivity index (χ1) is 9.56. The smallest absolute Gasteiger partial charge is 0.348 e. The fourth-order valence-electron chi connectivity index (χ4n) is 1.49. The molecule has 0 unspecified atom stereocenters. The van der Waals surface area contributed by atoms with Crippen LogP contribution in [0.25, 0.3) is 6.08 Å². The summed E-state index contributed by atoms with van der Waals surface area (Å²) < 4.78 is 0.962. The van der Waals surface area contributed by atoms with Crippen molar-refractivity contribution < 1.29 is 14.7 Å². The van der Waals surface area contributed by atoms with Gasteiger partial charge >= 0.3 is 5.97 Å². The Bertz CT molecular complexity index is 661. The lowest BCUT2D eigenvalue weighted by Crippen LogP contribution is -2.09. The van der Waals surface area contributed by atoms with Crippen LogP contribution in [0.5, 0.6) is 0 Å². The number of amides is 1. The van der Waals surface area contributed by atoms with Gasteiger partial charge in [-0.1, -0.05) is 28.1 Å². The molecule has 0 aliphatic heterocycles. The molecule has 0 saturated heterocycles. The maximum Gasteiger partial charge on any atom is 0.348 e. The molecule has 0 radical (unpaired) electrons. The van der Waals surface area contributed by atoms with Crippen LogP contribution >= 0.6 is 27.3 Å². The van der Waals surface area contributed by atoms with Crippen LogP contribution in [-0.4, -0.2) is 17.0 Å². The summed E-state index contributed by atoms with van der Waals surface area (Å²) in [5, 5.41) is 13.1. The zero-order chi connectivity index (χ0) is 14.5. The molecule has 0 spiro atoms. The van der Waals surface area contributed by atoms with Crippen molar-refractivity contribution in [2.24, 2.45) is 0 Å². The molecule has 1 aromatic carbocycles. The Kier molecular flexibility index (Phi) is 4.70. The van der Waals surface area contributed by atoms with Gasteiger partial charge in [-0.05, 0) is 35.2 Å². The fourth-order valence-corrected chi connectivity index (χ4v) is 2.44. The van der Waals surface area contributed by atoms with Crippen molar-refractivity contribution in [3.05, 3.63) is 56.7 Å². The average Bonchev–Trinajstić information content (AvgIpc) is 2.86.